The third-order valence-electron chi connectivity index (χ3n) is 6.70. The monoisotopic (exact) mass is 442 g/mol. The molecule has 0 saturated heterocycles. The van der Waals surface area contributed by atoms with Gasteiger partial charge in [-0.1, -0.05) is 55.3 Å². The van der Waals surface area contributed by atoms with Gasteiger partial charge in [-0.05, 0) is 65.3 Å². The number of aromatic nitrogens is 5. The minimum Gasteiger partial charge on any atom is -0.322 e. The Morgan fingerprint density at radius 3 is 2.70 bits per heavy atom. The lowest BCUT2D eigenvalue weighted by molar-refractivity contribution is 0.172. The van der Waals surface area contributed by atoms with Crippen LogP contribution >= 0.6 is 0 Å². The number of hydrogen-bond donors (Lipinski definition) is 1. The number of fused-ring (bicyclic) bond motifs is 1. The molecule has 4 aromatic rings. The number of H-pyrrole nitrogens is 1. The molecule has 0 bridgehead atoms. The van der Waals surface area contributed by atoms with E-state index in [2.05, 4.69) is 61.8 Å². The van der Waals surface area contributed by atoms with E-state index in [-0.39, 0.29) is 5.56 Å². The summed E-state index contributed by atoms with van der Waals surface area (Å²) in [7, 11) is 0. The van der Waals surface area contributed by atoms with Crippen LogP contribution in [-0.2, 0) is 26.1 Å². The Balaban J connectivity index is 1.37. The van der Waals surface area contributed by atoms with Gasteiger partial charge in [0.2, 0.25) is 0 Å². The van der Waals surface area contributed by atoms with Crippen LogP contribution in [0.1, 0.15) is 48.2 Å². The second kappa shape index (κ2) is 9.67. The minimum atomic E-state index is -0.0141. The summed E-state index contributed by atoms with van der Waals surface area (Å²) in [6.45, 7) is 4.00. The highest BCUT2D eigenvalue weighted by atomic mass is 16.1. The fourth-order valence-corrected chi connectivity index (χ4v) is 4.85. The number of hydrogen-bond acceptors (Lipinski definition) is 5. The molecule has 170 valence electrons. The summed E-state index contributed by atoms with van der Waals surface area (Å²) < 4.78 is 1.91. The number of aromatic amines is 1. The van der Waals surface area contributed by atoms with Crippen molar-refractivity contribution in [1.82, 2.24) is 30.1 Å². The van der Waals surface area contributed by atoms with Crippen LogP contribution in [0.3, 0.4) is 0 Å². The van der Waals surface area contributed by atoms with Crippen LogP contribution in [0.5, 0.6) is 0 Å². The molecule has 0 spiro atoms. The van der Waals surface area contributed by atoms with Crippen LogP contribution in [0.15, 0.2) is 59.4 Å². The summed E-state index contributed by atoms with van der Waals surface area (Å²) in [5.41, 5.74) is 4.08. The number of nitrogens with zero attached hydrogens (tertiary/aromatic N) is 5. The average molecular weight is 443 g/mol. The van der Waals surface area contributed by atoms with E-state index < -0.39 is 0 Å². The van der Waals surface area contributed by atoms with Gasteiger partial charge in [0, 0.05) is 30.2 Å². The molecule has 2 aromatic heterocycles. The third kappa shape index (κ3) is 5.03. The average Bonchev–Trinajstić information content (AvgIpc) is 3.51. The first kappa shape index (κ1) is 21.5. The highest BCUT2D eigenvalue weighted by molar-refractivity contribution is 5.79. The van der Waals surface area contributed by atoms with Gasteiger partial charge in [-0.3, -0.25) is 9.69 Å². The molecule has 1 aliphatic rings. The smallest absolute Gasteiger partial charge is 0.252 e. The maximum atomic E-state index is 12.9. The number of rotatable bonds is 8. The summed E-state index contributed by atoms with van der Waals surface area (Å²) in [6.07, 6.45) is 5.64. The van der Waals surface area contributed by atoms with E-state index in [4.69, 9.17) is 0 Å². The first-order valence-corrected chi connectivity index (χ1v) is 11.8. The quantitative estimate of drug-likeness (QED) is 0.446. The predicted molar refractivity (Wildman–Crippen MR) is 129 cm³/mol. The maximum Gasteiger partial charge on any atom is 0.252 e. The SMILES string of the molecule is Cc1ccc2cc(CN(Cc3nnnn3CCc3ccccc3)C3CCCC3)c(=O)[nH]c2c1. The Bertz CT molecular complexity index is 1270. The van der Waals surface area contributed by atoms with Gasteiger partial charge in [0.05, 0.1) is 6.54 Å². The zero-order valence-corrected chi connectivity index (χ0v) is 19.1. The summed E-state index contributed by atoms with van der Waals surface area (Å²) in [5.74, 6) is 0.852. The van der Waals surface area contributed by atoms with E-state index in [9.17, 15) is 4.79 Å². The molecule has 1 fully saturated rings. The lowest BCUT2D eigenvalue weighted by atomic mass is 10.1. The van der Waals surface area contributed by atoms with Crippen molar-refractivity contribution < 1.29 is 0 Å². The summed E-state index contributed by atoms with van der Waals surface area (Å²) in [6, 6.07) is 19.1. The number of tetrazole rings is 1. The van der Waals surface area contributed by atoms with Gasteiger partial charge >= 0.3 is 0 Å². The van der Waals surface area contributed by atoms with E-state index >= 15 is 0 Å². The van der Waals surface area contributed by atoms with E-state index in [0.717, 1.165) is 53.7 Å². The standard InChI is InChI=1S/C26H30N6O/c1-19-11-12-21-16-22(26(33)27-24(21)15-19)17-31(23-9-5-6-10-23)18-25-28-29-30-32(25)14-13-20-7-3-2-4-8-20/h2-4,7-8,11-12,15-16,23H,5-6,9-10,13-14,17-18H2,1H3,(H,27,33). The highest BCUT2D eigenvalue weighted by Crippen LogP contribution is 2.26. The molecule has 0 atom stereocenters. The molecule has 0 aliphatic heterocycles. The minimum absolute atomic E-state index is 0.0141. The molecule has 2 aromatic carbocycles. The molecule has 0 unspecified atom stereocenters. The molecule has 1 aliphatic carbocycles. The number of benzene rings is 2. The first-order valence-electron chi connectivity index (χ1n) is 11.8. The lowest BCUT2D eigenvalue weighted by Crippen LogP contribution is -2.35. The van der Waals surface area contributed by atoms with Crippen LogP contribution in [0.2, 0.25) is 0 Å². The maximum absolute atomic E-state index is 12.9. The van der Waals surface area contributed by atoms with Crippen molar-refractivity contribution in [2.24, 2.45) is 0 Å². The fourth-order valence-electron chi connectivity index (χ4n) is 4.85. The van der Waals surface area contributed by atoms with Crippen LogP contribution in [0, 0.1) is 6.92 Å². The van der Waals surface area contributed by atoms with Gasteiger partial charge in [-0.2, -0.15) is 0 Å². The second-order valence-electron chi connectivity index (χ2n) is 9.11. The van der Waals surface area contributed by atoms with Crippen molar-refractivity contribution in [3.8, 4) is 0 Å². The number of nitrogens with one attached hydrogen (secondary N) is 1. The topological polar surface area (TPSA) is 79.7 Å². The first-order chi connectivity index (χ1) is 16.2. The Morgan fingerprint density at radius 1 is 1.06 bits per heavy atom. The van der Waals surface area contributed by atoms with Crippen LogP contribution < -0.4 is 5.56 Å². The molecule has 1 N–H and O–H groups in total. The van der Waals surface area contributed by atoms with Gasteiger partial charge in [-0.15, -0.1) is 5.10 Å². The molecule has 0 radical (unpaired) electrons. The largest absolute Gasteiger partial charge is 0.322 e. The fraction of sp³-hybridized carbons (Fsp3) is 0.385. The van der Waals surface area contributed by atoms with Crippen LogP contribution in [-0.4, -0.2) is 36.1 Å². The Hall–Kier alpha value is -3.32. The molecule has 0 amide bonds. The van der Waals surface area contributed by atoms with Crippen LogP contribution in [0.25, 0.3) is 10.9 Å². The van der Waals surface area contributed by atoms with E-state index in [1.165, 1.54) is 18.4 Å². The van der Waals surface area contributed by atoms with Gasteiger partial charge in [0.1, 0.15) is 0 Å². The molecule has 7 nitrogen and oxygen atoms in total. The Kier molecular flexibility index (Phi) is 6.30. The normalized spacial score (nSPS) is 14.5. The molecular formula is C26H30N6O. The molecule has 5 rings (SSSR count). The van der Waals surface area contributed by atoms with Gasteiger partial charge in [0.15, 0.2) is 5.82 Å². The summed E-state index contributed by atoms with van der Waals surface area (Å²) >= 11 is 0. The highest BCUT2D eigenvalue weighted by Gasteiger charge is 2.25. The summed E-state index contributed by atoms with van der Waals surface area (Å²) in [5, 5.41) is 13.6. The van der Waals surface area contributed by atoms with Crippen molar-refractivity contribution in [2.45, 2.75) is 64.7 Å². The second-order valence-corrected chi connectivity index (χ2v) is 9.11. The molecule has 33 heavy (non-hydrogen) atoms. The predicted octanol–water partition coefficient (Wildman–Crippen LogP) is 4.01. The van der Waals surface area contributed by atoms with Crippen molar-refractivity contribution in [3.05, 3.63) is 87.5 Å². The van der Waals surface area contributed by atoms with Gasteiger partial charge in [-0.25, -0.2) is 4.68 Å². The molecule has 7 heteroatoms. The van der Waals surface area contributed by atoms with E-state index in [1.807, 2.05) is 29.8 Å². The molecule has 2 heterocycles. The summed E-state index contributed by atoms with van der Waals surface area (Å²) in [4.78, 5) is 18.4. The van der Waals surface area contributed by atoms with Crippen LogP contribution in [0.4, 0.5) is 0 Å². The van der Waals surface area contributed by atoms with E-state index in [0.29, 0.717) is 19.1 Å². The van der Waals surface area contributed by atoms with Crippen molar-refractivity contribution >= 4 is 10.9 Å². The zero-order valence-electron chi connectivity index (χ0n) is 19.1. The Morgan fingerprint density at radius 2 is 1.88 bits per heavy atom. The van der Waals surface area contributed by atoms with Crippen molar-refractivity contribution in [1.29, 1.82) is 0 Å². The van der Waals surface area contributed by atoms with Crippen molar-refractivity contribution in [3.63, 3.8) is 0 Å². The van der Waals surface area contributed by atoms with Gasteiger partial charge < -0.3 is 4.98 Å². The van der Waals surface area contributed by atoms with Gasteiger partial charge in [0.25, 0.3) is 5.56 Å². The van der Waals surface area contributed by atoms with E-state index in [1.54, 1.807) is 0 Å². The molecular weight excluding hydrogens is 412 g/mol. The number of pyridine rings is 1. The number of aryl methyl sites for hydroxylation is 3. The lowest BCUT2D eigenvalue weighted by Gasteiger charge is -2.28. The third-order valence-corrected chi connectivity index (χ3v) is 6.70. The Labute approximate surface area is 193 Å². The zero-order chi connectivity index (χ0) is 22.6. The van der Waals surface area contributed by atoms with Crippen molar-refractivity contribution in [2.75, 3.05) is 0 Å². The molecule has 1 saturated carbocycles.